The lowest BCUT2D eigenvalue weighted by Crippen LogP contribution is -2.37. The van der Waals surface area contributed by atoms with Crippen LogP contribution in [-0.2, 0) is 11.3 Å². The topological polar surface area (TPSA) is 123 Å². The van der Waals surface area contributed by atoms with Crippen LogP contribution in [0.2, 0.25) is 0 Å². The highest BCUT2D eigenvalue weighted by molar-refractivity contribution is 5.98. The quantitative estimate of drug-likeness (QED) is 0.253. The number of aryl methyl sites for hydroxylation is 1. The summed E-state index contributed by atoms with van der Waals surface area (Å²) in [6.45, 7) is 1.23. The van der Waals surface area contributed by atoms with Gasteiger partial charge in [0.2, 0.25) is 0 Å². The molecule has 9 nitrogen and oxygen atoms in total. The Morgan fingerprint density at radius 3 is 2.59 bits per heavy atom. The van der Waals surface area contributed by atoms with Crippen molar-refractivity contribution in [3.05, 3.63) is 72.6 Å². The number of ether oxygens (including phenoxy) is 1. The van der Waals surface area contributed by atoms with Gasteiger partial charge in [-0.1, -0.05) is 24.3 Å². The lowest BCUT2D eigenvalue weighted by atomic mass is 10.1. The van der Waals surface area contributed by atoms with Crippen molar-refractivity contribution in [3.63, 3.8) is 0 Å². The predicted molar refractivity (Wildman–Crippen MR) is 147 cm³/mol. The van der Waals surface area contributed by atoms with Crippen LogP contribution in [0.1, 0.15) is 32.1 Å². The Kier molecular flexibility index (Phi) is 6.68. The molecule has 1 aliphatic carbocycles. The first-order valence-corrected chi connectivity index (χ1v) is 13.3. The monoisotopic (exact) mass is 519 g/mol. The first-order valence-electron chi connectivity index (χ1n) is 13.3. The molecule has 2 aromatic heterocycles. The van der Waals surface area contributed by atoms with E-state index in [-0.39, 0.29) is 17.5 Å². The smallest absolute Gasteiger partial charge is 0.264 e. The highest BCUT2D eigenvalue weighted by Gasteiger charge is 2.32. The maximum Gasteiger partial charge on any atom is 0.264 e. The molecule has 6 rings (SSSR count). The van der Waals surface area contributed by atoms with Crippen molar-refractivity contribution in [1.29, 1.82) is 5.26 Å². The number of allylic oxidation sites excluding steroid dienone is 1. The number of nitrogens with zero attached hydrogens (tertiary/aromatic N) is 6. The van der Waals surface area contributed by atoms with Gasteiger partial charge >= 0.3 is 0 Å². The van der Waals surface area contributed by atoms with E-state index in [1.54, 1.807) is 0 Å². The number of fused-ring (bicyclic) bond motifs is 1. The molecule has 1 atom stereocenters. The van der Waals surface area contributed by atoms with Crippen molar-refractivity contribution >= 4 is 22.8 Å². The number of benzene rings is 2. The number of carbonyl (C=O) groups excluding carboxylic acids is 1. The van der Waals surface area contributed by atoms with Crippen LogP contribution in [0, 0.1) is 17.2 Å². The number of carbonyl (C=O) groups is 1. The summed E-state index contributed by atoms with van der Waals surface area (Å²) >= 11 is 0. The van der Waals surface area contributed by atoms with E-state index in [2.05, 4.69) is 16.0 Å². The molecule has 1 aliphatic heterocycles. The molecule has 2 aliphatic rings. The number of hydrogen-bond acceptors (Lipinski definition) is 7. The van der Waals surface area contributed by atoms with Gasteiger partial charge in [0.25, 0.3) is 5.91 Å². The third kappa shape index (κ3) is 5.18. The average Bonchev–Trinajstić information content (AvgIpc) is 3.52. The second kappa shape index (κ2) is 10.6. The Balaban J connectivity index is 1.22. The summed E-state index contributed by atoms with van der Waals surface area (Å²) in [5.74, 6) is 2.08. The summed E-state index contributed by atoms with van der Waals surface area (Å²) in [5.41, 5.74) is 8.80. The van der Waals surface area contributed by atoms with Crippen LogP contribution in [0.4, 0.5) is 5.82 Å². The lowest BCUT2D eigenvalue weighted by Gasteiger charge is -2.24. The Hall–Kier alpha value is -4.71. The Labute approximate surface area is 226 Å². The van der Waals surface area contributed by atoms with Gasteiger partial charge in [0.05, 0.1) is 5.39 Å². The molecule has 1 saturated carbocycles. The van der Waals surface area contributed by atoms with E-state index in [9.17, 15) is 10.1 Å². The molecular weight excluding hydrogens is 490 g/mol. The molecule has 2 fully saturated rings. The van der Waals surface area contributed by atoms with E-state index in [4.69, 9.17) is 15.6 Å². The zero-order valence-corrected chi connectivity index (χ0v) is 21.5. The van der Waals surface area contributed by atoms with Crippen LogP contribution in [0.15, 0.2) is 72.6 Å². The summed E-state index contributed by atoms with van der Waals surface area (Å²) in [6, 6.07) is 19.5. The minimum atomic E-state index is -0.151. The first kappa shape index (κ1) is 24.6. The van der Waals surface area contributed by atoms with E-state index in [0.29, 0.717) is 48.0 Å². The molecule has 0 bridgehead atoms. The Bertz CT molecular complexity index is 1570. The summed E-state index contributed by atoms with van der Waals surface area (Å²) in [4.78, 5) is 23.7. The molecular formula is C30H29N7O2. The van der Waals surface area contributed by atoms with Crippen LogP contribution < -0.4 is 10.5 Å². The van der Waals surface area contributed by atoms with Crippen molar-refractivity contribution in [2.45, 2.75) is 44.7 Å². The molecule has 4 aromatic rings. The van der Waals surface area contributed by atoms with Gasteiger partial charge in [-0.15, -0.1) is 0 Å². The van der Waals surface area contributed by atoms with Gasteiger partial charge in [-0.25, -0.2) is 14.6 Å². The lowest BCUT2D eigenvalue weighted by molar-refractivity contribution is -0.127. The summed E-state index contributed by atoms with van der Waals surface area (Å²) in [6.07, 6.45) is 7.95. The van der Waals surface area contributed by atoms with Crippen molar-refractivity contribution in [1.82, 2.24) is 24.6 Å². The normalized spacial score (nSPS) is 17.4. The first-order chi connectivity index (χ1) is 19.1. The van der Waals surface area contributed by atoms with Gasteiger partial charge in [-0.2, -0.15) is 10.4 Å². The van der Waals surface area contributed by atoms with Gasteiger partial charge in [0.1, 0.15) is 41.0 Å². The van der Waals surface area contributed by atoms with Gasteiger partial charge in [-0.3, -0.25) is 4.79 Å². The van der Waals surface area contributed by atoms with Gasteiger partial charge in [0.15, 0.2) is 5.65 Å². The SMILES string of the molecule is N#CC(=CC1CC1)C(=O)N1CCCC1CCn1nc(-c2ccc(Oc3ccccc3)cc2)c2c(N)ncnc21. The molecule has 1 saturated heterocycles. The number of amides is 1. The molecule has 0 radical (unpaired) electrons. The molecule has 1 amide bonds. The van der Waals surface area contributed by atoms with Gasteiger partial charge in [0, 0.05) is 24.7 Å². The summed E-state index contributed by atoms with van der Waals surface area (Å²) in [5, 5.41) is 15.2. The van der Waals surface area contributed by atoms with Gasteiger partial charge in [-0.05, 0) is 74.4 Å². The van der Waals surface area contributed by atoms with Crippen LogP contribution in [0.3, 0.4) is 0 Å². The molecule has 9 heteroatoms. The number of hydrogen-bond donors (Lipinski definition) is 1. The number of nitrogen functional groups attached to an aromatic ring is 1. The Morgan fingerprint density at radius 1 is 1.08 bits per heavy atom. The zero-order valence-electron chi connectivity index (χ0n) is 21.5. The van der Waals surface area contributed by atoms with Crippen molar-refractivity contribution in [2.24, 2.45) is 5.92 Å². The van der Waals surface area contributed by atoms with E-state index in [1.807, 2.05) is 70.3 Å². The highest BCUT2D eigenvalue weighted by atomic mass is 16.5. The molecule has 39 heavy (non-hydrogen) atoms. The maximum atomic E-state index is 13.1. The zero-order chi connectivity index (χ0) is 26.8. The molecule has 2 N–H and O–H groups in total. The second-order valence-corrected chi connectivity index (χ2v) is 10.1. The molecule has 3 heterocycles. The predicted octanol–water partition coefficient (Wildman–Crippen LogP) is 5.11. The molecule has 196 valence electrons. The molecule has 1 unspecified atom stereocenters. The standard InChI is InChI=1S/C30H29N7O2/c31-18-22(17-20-8-9-20)30(38)36-15-4-5-23(36)14-16-37-29-26(28(32)33-19-34-29)27(35-37)21-10-12-25(13-11-21)39-24-6-2-1-3-7-24/h1-3,6-7,10-13,17,19-20,23H,4-5,8-9,14-16H2,(H2,32,33,34). The van der Waals surface area contributed by atoms with E-state index >= 15 is 0 Å². The van der Waals surface area contributed by atoms with E-state index in [1.165, 1.54) is 6.33 Å². The van der Waals surface area contributed by atoms with Crippen molar-refractivity contribution in [3.8, 4) is 28.8 Å². The number of aromatic nitrogens is 4. The highest BCUT2D eigenvalue weighted by Crippen LogP contribution is 2.34. The number of likely N-dealkylation sites (tertiary alicyclic amines) is 1. The fraction of sp³-hybridized carbons (Fsp3) is 0.300. The minimum Gasteiger partial charge on any atom is -0.457 e. The average molecular weight is 520 g/mol. The number of para-hydroxylation sites is 1. The maximum absolute atomic E-state index is 13.1. The summed E-state index contributed by atoms with van der Waals surface area (Å²) < 4.78 is 7.78. The van der Waals surface area contributed by atoms with Gasteiger partial charge < -0.3 is 15.4 Å². The van der Waals surface area contributed by atoms with Crippen LogP contribution >= 0.6 is 0 Å². The number of rotatable bonds is 8. The number of nitrogens with two attached hydrogens (primary N) is 1. The fourth-order valence-electron chi connectivity index (χ4n) is 5.18. The largest absolute Gasteiger partial charge is 0.457 e. The number of nitriles is 1. The van der Waals surface area contributed by atoms with Crippen LogP contribution in [0.25, 0.3) is 22.3 Å². The summed E-state index contributed by atoms with van der Waals surface area (Å²) in [7, 11) is 0. The molecule has 2 aromatic carbocycles. The Morgan fingerprint density at radius 2 is 1.85 bits per heavy atom. The van der Waals surface area contributed by atoms with E-state index < -0.39 is 0 Å². The van der Waals surface area contributed by atoms with Crippen molar-refractivity contribution < 1.29 is 9.53 Å². The third-order valence-corrected chi connectivity index (χ3v) is 7.35. The van der Waals surface area contributed by atoms with Crippen LogP contribution in [0.5, 0.6) is 11.5 Å². The minimum absolute atomic E-state index is 0.0461. The third-order valence-electron chi connectivity index (χ3n) is 7.35. The second-order valence-electron chi connectivity index (χ2n) is 10.1. The fourth-order valence-corrected chi connectivity index (χ4v) is 5.18. The van der Waals surface area contributed by atoms with Crippen molar-refractivity contribution in [2.75, 3.05) is 12.3 Å². The van der Waals surface area contributed by atoms with Crippen LogP contribution in [-0.4, -0.2) is 43.1 Å². The number of anilines is 1. The molecule has 0 spiro atoms. The van der Waals surface area contributed by atoms with E-state index in [0.717, 1.165) is 42.7 Å².